The molecule has 1 saturated carbocycles. The molecule has 0 bridgehead atoms. The minimum Gasteiger partial charge on any atom is -0.393 e. The van der Waals surface area contributed by atoms with Crippen LogP contribution in [0.2, 0.25) is 0 Å². The Morgan fingerprint density at radius 1 is 1.23 bits per heavy atom. The zero-order valence-corrected chi connectivity index (χ0v) is 8.50. The Balaban J connectivity index is 1.91. The average Bonchev–Trinajstić information content (AvgIpc) is 2.51. The normalized spacial score (nSPS) is 46.6. The van der Waals surface area contributed by atoms with Crippen molar-refractivity contribution >= 4 is 0 Å². The van der Waals surface area contributed by atoms with Gasteiger partial charge in [-0.1, -0.05) is 13.3 Å². The van der Waals surface area contributed by atoms with Crippen molar-refractivity contribution in [3.8, 4) is 0 Å². The predicted molar refractivity (Wildman–Crippen MR) is 53.5 cm³/mol. The molecular formula is C11H21NO. The molecule has 0 aromatic rings. The summed E-state index contributed by atoms with van der Waals surface area (Å²) in [5, 5.41) is 13.3. The predicted octanol–water partition coefficient (Wildman–Crippen LogP) is 1.54. The van der Waals surface area contributed by atoms with Crippen LogP contribution in [0.25, 0.3) is 0 Å². The second kappa shape index (κ2) is 3.97. The third kappa shape index (κ3) is 2.05. The molecule has 0 spiro atoms. The van der Waals surface area contributed by atoms with E-state index in [9.17, 15) is 5.11 Å². The molecule has 2 N–H and O–H groups in total. The highest BCUT2D eigenvalue weighted by molar-refractivity contribution is 4.89. The van der Waals surface area contributed by atoms with Crippen molar-refractivity contribution in [2.45, 2.75) is 51.2 Å². The molecule has 4 atom stereocenters. The molecule has 0 aromatic carbocycles. The first-order valence-electron chi connectivity index (χ1n) is 5.69. The molecule has 4 unspecified atom stereocenters. The number of aliphatic hydroxyl groups excluding tert-OH is 1. The van der Waals surface area contributed by atoms with Gasteiger partial charge < -0.3 is 10.4 Å². The summed E-state index contributed by atoms with van der Waals surface area (Å²) in [4.78, 5) is 0. The van der Waals surface area contributed by atoms with Crippen LogP contribution in [0.15, 0.2) is 0 Å². The Morgan fingerprint density at radius 3 is 2.69 bits per heavy atom. The summed E-state index contributed by atoms with van der Waals surface area (Å²) in [5.74, 6) is 1.39. The van der Waals surface area contributed by atoms with Crippen LogP contribution in [0, 0.1) is 11.8 Å². The summed E-state index contributed by atoms with van der Waals surface area (Å²) >= 11 is 0. The summed E-state index contributed by atoms with van der Waals surface area (Å²) in [7, 11) is 0. The van der Waals surface area contributed by atoms with Crippen LogP contribution in [0.1, 0.15) is 39.0 Å². The molecule has 2 fully saturated rings. The maximum Gasteiger partial charge on any atom is 0.0583 e. The quantitative estimate of drug-likeness (QED) is 0.646. The van der Waals surface area contributed by atoms with Gasteiger partial charge in [0.25, 0.3) is 0 Å². The topological polar surface area (TPSA) is 32.3 Å². The first kappa shape index (κ1) is 9.47. The van der Waals surface area contributed by atoms with E-state index in [2.05, 4.69) is 12.2 Å². The van der Waals surface area contributed by atoms with Crippen molar-refractivity contribution < 1.29 is 5.11 Å². The van der Waals surface area contributed by atoms with Crippen molar-refractivity contribution in [1.29, 1.82) is 0 Å². The number of rotatable bonds is 1. The lowest BCUT2D eigenvalue weighted by atomic mass is 9.85. The molecule has 2 rings (SSSR count). The lowest BCUT2D eigenvalue weighted by Gasteiger charge is -2.33. The summed E-state index contributed by atoms with van der Waals surface area (Å²) in [6.45, 7) is 3.48. The fourth-order valence-corrected chi connectivity index (χ4v) is 2.91. The van der Waals surface area contributed by atoms with Gasteiger partial charge in [0.05, 0.1) is 6.10 Å². The second-order valence-corrected chi connectivity index (χ2v) is 4.85. The maximum absolute atomic E-state index is 9.79. The lowest BCUT2D eigenvalue weighted by molar-refractivity contribution is 0.0942. The number of aliphatic hydroxyl groups is 1. The van der Waals surface area contributed by atoms with Gasteiger partial charge in [0.2, 0.25) is 0 Å². The van der Waals surface area contributed by atoms with E-state index in [-0.39, 0.29) is 6.10 Å². The van der Waals surface area contributed by atoms with Gasteiger partial charge >= 0.3 is 0 Å². The van der Waals surface area contributed by atoms with Crippen LogP contribution in [0.4, 0.5) is 0 Å². The second-order valence-electron chi connectivity index (χ2n) is 4.85. The van der Waals surface area contributed by atoms with Crippen molar-refractivity contribution in [1.82, 2.24) is 5.32 Å². The third-order valence-electron chi connectivity index (χ3n) is 3.75. The summed E-state index contributed by atoms with van der Waals surface area (Å²) in [6.07, 6.45) is 6.02. The Hall–Kier alpha value is -0.0800. The lowest BCUT2D eigenvalue weighted by Crippen LogP contribution is -2.44. The molecule has 1 aliphatic carbocycles. The van der Waals surface area contributed by atoms with Crippen molar-refractivity contribution in [2.24, 2.45) is 11.8 Å². The standard InChI is InChI=1S/C11H21NO/c1-8-5-6-12-10(7-8)9-3-2-4-11(9)13/h8-13H,2-7H2,1H3. The van der Waals surface area contributed by atoms with Crippen LogP contribution < -0.4 is 5.32 Å². The smallest absolute Gasteiger partial charge is 0.0583 e. The molecule has 0 aromatic heterocycles. The van der Waals surface area contributed by atoms with Gasteiger partial charge in [-0.25, -0.2) is 0 Å². The van der Waals surface area contributed by atoms with Crippen LogP contribution in [-0.4, -0.2) is 23.8 Å². The van der Waals surface area contributed by atoms with Crippen LogP contribution in [0.3, 0.4) is 0 Å². The summed E-state index contributed by atoms with van der Waals surface area (Å²) < 4.78 is 0. The molecule has 13 heavy (non-hydrogen) atoms. The fourth-order valence-electron chi connectivity index (χ4n) is 2.91. The molecular weight excluding hydrogens is 162 g/mol. The number of hydrogen-bond acceptors (Lipinski definition) is 2. The molecule has 76 valence electrons. The zero-order chi connectivity index (χ0) is 9.26. The van der Waals surface area contributed by atoms with E-state index in [4.69, 9.17) is 0 Å². The average molecular weight is 183 g/mol. The minimum atomic E-state index is -0.0252. The van der Waals surface area contributed by atoms with Gasteiger partial charge in [-0.2, -0.15) is 0 Å². The van der Waals surface area contributed by atoms with Gasteiger partial charge in [-0.3, -0.25) is 0 Å². The highest BCUT2D eigenvalue weighted by Crippen LogP contribution is 2.32. The summed E-state index contributed by atoms with van der Waals surface area (Å²) in [5.41, 5.74) is 0. The van der Waals surface area contributed by atoms with E-state index in [0.717, 1.165) is 18.9 Å². The van der Waals surface area contributed by atoms with Gasteiger partial charge in [-0.15, -0.1) is 0 Å². The van der Waals surface area contributed by atoms with Crippen molar-refractivity contribution in [2.75, 3.05) is 6.54 Å². The minimum absolute atomic E-state index is 0.0252. The highest BCUT2D eigenvalue weighted by atomic mass is 16.3. The van der Waals surface area contributed by atoms with E-state index in [0.29, 0.717) is 12.0 Å². The number of piperidine rings is 1. The maximum atomic E-state index is 9.79. The Bertz CT molecular complexity index is 171. The first-order valence-corrected chi connectivity index (χ1v) is 5.69. The van der Waals surface area contributed by atoms with Crippen LogP contribution in [-0.2, 0) is 0 Å². The molecule has 0 amide bonds. The molecule has 1 saturated heterocycles. The van der Waals surface area contributed by atoms with Crippen molar-refractivity contribution in [3.63, 3.8) is 0 Å². The molecule has 0 radical (unpaired) electrons. The zero-order valence-electron chi connectivity index (χ0n) is 8.50. The van der Waals surface area contributed by atoms with Gasteiger partial charge in [0.15, 0.2) is 0 Å². The SMILES string of the molecule is CC1CCNC(C2CCCC2O)C1. The monoisotopic (exact) mass is 183 g/mol. The van der Waals surface area contributed by atoms with Gasteiger partial charge in [0, 0.05) is 12.0 Å². The highest BCUT2D eigenvalue weighted by Gasteiger charge is 2.34. The molecule has 2 heteroatoms. The summed E-state index contributed by atoms with van der Waals surface area (Å²) in [6, 6.07) is 0.598. The first-order chi connectivity index (χ1) is 6.27. The van der Waals surface area contributed by atoms with Gasteiger partial charge in [-0.05, 0) is 38.1 Å². The molecule has 1 aliphatic heterocycles. The Labute approximate surface area is 80.7 Å². The van der Waals surface area contributed by atoms with Crippen LogP contribution in [0.5, 0.6) is 0 Å². The van der Waals surface area contributed by atoms with E-state index < -0.39 is 0 Å². The fraction of sp³-hybridized carbons (Fsp3) is 1.00. The van der Waals surface area contributed by atoms with Crippen LogP contribution >= 0.6 is 0 Å². The number of hydrogen-bond donors (Lipinski definition) is 2. The van der Waals surface area contributed by atoms with E-state index in [1.807, 2.05) is 0 Å². The van der Waals surface area contributed by atoms with Gasteiger partial charge in [0.1, 0.15) is 0 Å². The Kier molecular flexibility index (Phi) is 2.89. The van der Waals surface area contributed by atoms with Crippen molar-refractivity contribution in [3.05, 3.63) is 0 Å². The third-order valence-corrected chi connectivity index (χ3v) is 3.75. The largest absolute Gasteiger partial charge is 0.393 e. The molecule has 2 aliphatic rings. The molecule has 1 heterocycles. The Morgan fingerprint density at radius 2 is 2.08 bits per heavy atom. The van der Waals surface area contributed by atoms with E-state index in [1.54, 1.807) is 0 Å². The number of nitrogens with one attached hydrogen (secondary N) is 1. The van der Waals surface area contributed by atoms with E-state index >= 15 is 0 Å². The van der Waals surface area contributed by atoms with E-state index in [1.165, 1.54) is 25.7 Å². The molecule has 2 nitrogen and oxygen atoms in total.